The van der Waals surface area contributed by atoms with Crippen LogP contribution in [0, 0.1) is 12.3 Å². The van der Waals surface area contributed by atoms with Crippen LogP contribution >= 0.6 is 0 Å². The van der Waals surface area contributed by atoms with Crippen molar-refractivity contribution in [2.75, 3.05) is 7.11 Å². The molecule has 0 spiro atoms. The Bertz CT molecular complexity index is 750. The molecule has 0 atom stereocenters. The summed E-state index contributed by atoms with van der Waals surface area (Å²) in [6, 6.07) is 15.3. The van der Waals surface area contributed by atoms with Gasteiger partial charge in [-0.3, -0.25) is 9.59 Å². The highest BCUT2D eigenvalue weighted by atomic mass is 16.5. The largest absolute Gasteiger partial charge is 0.497 e. The number of ether oxygens (including phenoxy) is 1. The fourth-order valence-corrected chi connectivity index (χ4v) is 2.36. The van der Waals surface area contributed by atoms with Gasteiger partial charge in [-0.25, -0.2) is 0 Å². The van der Waals surface area contributed by atoms with Crippen LogP contribution in [0.3, 0.4) is 0 Å². The van der Waals surface area contributed by atoms with Crippen molar-refractivity contribution in [3.63, 3.8) is 0 Å². The summed E-state index contributed by atoms with van der Waals surface area (Å²) in [5, 5.41) is 5.66. The van der Waals surface area contributed by atoms with Crippen LogP contribution < -0.4 is 15.4 Å². The SMILES string of the molecule is COc1ccc(CNC(=O)C(C)(C)C(=O)NCc2ccc(C)cc2)cc1. The number of carbonyl (C=O) groups excluding carboxylic acids is 2. The summed E-state index contributed by atoms with van der Waals surface area (Å²) in [6.45, 7) is 6.02. The zero-order chi connectivity index (χ0) is 19.2. The molecule has 0 bridgehead atoms. The Morgan fingerprint density at radius 1 is 0.846 bits per heavy atom. The second kappa shape index (κ2) is 8.52. The maximum atomic E-state index is 12.5. The smallest absolute Gasteiger partial charge is 0.235 e. The molecule has 2 aromatic carbocycles. The molecule has 2 aromatic rings. The van der Waals surface area contributed by atoms with Crippen LogP contribution in [0.1, 0.15) is 30.5 Å². The number of hydrogen-bond donors (Lipinski definition) is 2. The van der Waals surface area contributed by atoms with E-state index in [0.29, 0.717) is 13.1 Å². The highest BCUT2D eigenvalue weighted by molar-refractivity contribution is 6.04. The Morgan fingerprint density at radius 3 is 1.69 bits per heavy atom. The minimum atomic E-state index is -1.16. The van der Waals surface area contributed by atoms with E-state index in [9.17, 15) is 9.59 Å². The van der Waals surface area contributed by atoms with Crippen LogP contribution in [0.15, 0.2) is 48.5 Å². The predicted octanol–water partition coefficient (Wildman–Crippen LogP) is 2.96. The molecule has 0 unspecified atom stereocenters. The summed E-state index contributed by atoms with van der Waals surface area (Å²) >= 11 is 0. The van der Waals surface area contributed by atoms with Crippen molar-refractivity contribution in [3.8, 4) is 5.75 Å². The molecule has 0 aliphatic rings. The molecule has 0 fully saturated rings. The van der Waals surface area contributed by atoms with Crippen molar-refractivity contribution in [2.45, 2.75) is 33.9 Å². The van der Waals surface area contributed by atoms with E-state index in [1.807, 2.05) is 55.5 Å². The number of aryl methyl sites for hydroxylation is 1. The van der Waals surface area contributed by atoms with Crippen molar-refractivity contribution in [2.24, 2.45) is 5.41 Å². The summed E-state index contributed by atoms with van der Waals surface area (Å²) in [6.07, 6.45) is 0. The molecular weight excluding hydrogens is 328 g/mol. The van der Waals surface area contributed by atoms with Gasteiger partial charge in [0, 0.05) is 13.1 Å². The molecule has 2 amide bonds. The van der Waals surface area contributed by atoms with Gasteiger partial charge in [0.2, 0.25) is 11.8 Å². The average Bonchev–Trinajstić information content (AvgIpc) is 2.65. The first kappa shape index (κ1) is 19.5. The molecule has 2 N–H and O–H groups in total. The Morgan fingerprint density at radius 2 is 1.27 bits per heavy atom. The van der Waals surface area contributed by atoms with Crippen molar-refractivity contribution in [1.29, 1.82) is 0 Å². The molecule has 5 nitrogen and oxygen atoms in total. The molecule has 0 aromatic heterocycles. The first-order chi connectivity index (χ1) is 12.3. The number of nitrogens with one attached hydrogen (secondary N) is 2. The quantitative estimate of drug-likeness (QED) is 0.751. The third kappa shape index (κ3) is 5.09. The lowest BCUT2D eigenvalue weighted by Crippen LogP contribution is -2.47. The third-order valence-corrected chi connectivity index (χ3v) is 4.32. The Labute approximate surface area is 154 Å². The number of hydrogen-bond acceptors (Lipinski definition) is 3. The minimum Gasteiger partial charge on any atom is -0.497 e. The van der Waals surface area contributed by atoms with Crippen molar-refractivity contribution in [1.82, 2.24) is 10.6 Å². The molecular formula is C21H26N2O3. The van der Waals surface area contributed by atoms with Gasteiger partial charge in [0.15, 0.2) is 0 Å². The Hall–Kier alpha value is -2.82. The number of rotatable bonds is 7. The maximum absolute atomic E-state index is 12.5. The van der Waals surface area contributed by atoms with Crippen LogP contribution in [-0.2, 0) is 22.7 Å². The van der Waals surface area contributed by atoms with Crippen molar-refractivity contribution in [3.05, 3.63) is 65.2 Å². The molecule has 0 saturated heterocycles. The highest BCUT2D eigenvalue weighted by Gasteiger charge is 2.35. The summed E-state index contributed by atoms with van der Waals surface area (Å²) in [5.41, 5.74) is 1.95. The van der Waals surface area contributed by atoms with E-state index in [-0.39, 0.29) is 11.8 Å². The van der Waals surface area contributed by atoms with Gasteiger partial charge in [-0.1, -0.05) is 42.0 Å². The first-order valence-electron chi connectivity index (χ1n) is 8.58. The van der Waals surface area contributed by atoms with E-state index in [1.54, 1.807) is 21.0 Å². The molecule has 2 rings (SSSR count). The van der Waals surface area contributed by atoms with E-state index in [2.05, 4.69) is 10.6 Å². The van der Waals surface area contributed by atoms with E-state index in [0.717, 1.165) is 16.9 Å². The topological polar surface area (TPSA) is 67.4 Å². The Balaban J connectivity index is 1.88. The summed E-state index contributed by atoms with van der Waals surface area (Å²) in [5.74, 6) is 0.149. The standard InChI is InChI=1S/C21H26N2O3/c1-15-5-7-16(8-6-15)13-22-19(24)21(2,3)20(25)23-14-17-9-11-18(26-4)12-10-17/h5-12H,13-14H2,1-4H3,(H,22,24)(H,23,25). The van der Waals surface area contributed by atoms with Gasteiger partial charge in [0.25, 0.3) is 0 Å². The van der Waals surface area contributed by atoms with Gasteiger partial charge >= 0.3 is 0 Å². The van der Waals surface area contributed by atoms with E-state index < -0.39 is 5.41 Å². The third-order valence-electron chi connectivity index (χ3n) is 4.32. The Kier molecular flexibility index (Phi) is 6.39. The van der Waals surface area contributed by atoms with Crippen LogP contribution in [0.4, 0.5) is 0 Å². The molecule has 0 heterocycles. The lowest BCUT2D eigenvalue weighted by molar-refractivity contribution is -0.141. The fourth-order valence-electron chi connectivity index (χ4n) is 2.36. The van der Waals surface area contributed by atoms with Gasteiger partial charge in [0.1, 0.15) is 11.2 Å². The molecule has 5 heteroatoms. The highest BCUT2D eigenvalue weighted by Crippen LogP contribution is 2.17. The molecule has 0 aliphatic heterocycles. The van der Waals surface area contributed by atoms with Gasteiger partial charge in [0.05, 0.1) is 7.11 Å². The van der Waals surface area contributed by atoms with Gasteiger partial charge in [-0.05, 0) is 44.0 Å². The van der Waals surface area contributed by atoms with Crippen LogP contribution in [0.25, 0.3) is 0 Å². The maximum Gasteiger partial charge on any atom is 0.235 e. The molecule has 0 radical (unpaired) electrons. The van der Waals surface area contributed by atoms with Gasteiger partial charge < -0.3 is 15.4 Å². The molecule has 0 aliphatic carbocycles. The number of amides is 2. The number of methoxy groups -OCH3 is 1. The van der Waals surface area contributed by atoms with Crippen LogP contribution in [0.5, 0.6) is 5.75 Å². The second-order valence-electron chi connectivity index (χ2n) is 6.82. The molecule has 138 valence electrons. The van der Waals surface area contributed by atoms with Crippen molar-refractivity contribution >= 4 is 11.8 Å². The second-order valence-corrected chi connectivity index (χ2v) is 6.82. The first-order valence-corrected chi connectivity index (χ1v) is 8.58. The van der Waals surface area contributed by atoms with Crippen LogP contribution in [-0.4, -0.2) is 18.9 Å². The van der Waals surface area contributed by atoms with Gasteiger partial charge in [-0.15, -0.1) is 0 Å². The summed E-state index contributed by atoms with van der Waals surface area (Å²) < 4.78 is 5.11. The summed E-state index contributed by atoms with van der Waals surface area (Å²) in [7, 11) is 1.61. The lowest BCUT2D eigenvalue weighted by atomic mass is 9.91. The normalized spacial score (nSPS) is 10.9. The average molecular weight is 354 g/mol. The molecule has 0 saturated carbocycles. The summed E-state index contributed by atoms with van der Waals surface area (Å²) in [4.78, 5) is 24.9. The zero-order valence-electron chi connectivity index (χ0n) is 15.8. The van der Waals surface area contributed by atoms with Crippen LogP contribution in [0.2, 0.25) is 0 Å². The van der Waals surface area contributed by atoms with Gasteiger partial charge in [-0.2, -0.15) is 0 Å². The molecule has 26 heavy (non-hydrogen) atoms. The van der Waals surface area contributed by atoms with E-state index in [4.69, 9.17) is 4.74 Å². The number of benzene rings is 2. The minimum absolute atomic E-state index is 0.301. The lowest BCUT2D eigenvalue weighted by Gasteiger charge is -2.23. The number of carbonyl (C=O) groups is 2. The zero-order valence-corrected chi connectivity index (χ0v) is 15.8. The predicted molar refractivity (Wildman–Crippen MR) is 102 cm³/mol. The van der Waals surface area contributed by atoms with E-state index in [1.165, 1.54) is 5.56 Å². The van der Waals surface area contributed by atoms with E-state index >= 15 is 0 Å². The fraction of sp³-hybridized carbons (Fsp3) is 0.333. The monoisotopic (exact) mass is 354 g/mol. The van der Waals surface area contributed by atoms with Crippen molar-refractivity contribution < 1.29 is 14.3 Å².